The molecule has 0 aromatic carbocycles. The summed E-state index contributed by atoms with van der Waals surface area (Å²) in [5, 5.41) is 3.11. The number of rotatable bonds is 3. The number of likely N-dealkylation sites (tertiary alicyclic amines) is 1. The summed E-state index contributed by atoms with van der Waals surface area (Å²) in [5.74, 6) is 1.79. The molecule has 6 heteroatoms. The maximum atomic E-state index is 12.9. The van der Waals surface area contributed by atoms with Gasteiger partial charge in [0.15, 0.2) is 9.84 Å². The van der Waals surface area contributed by atoms with Crippen molar-refractivity contribution in [3.8, 4) is 0 Å². The monoisotopic (exact) mass is 422 g/mol. The van der Waals surface area contributed by atoms with Crippen molar-refractivity contribution in [1.29, 1.82) is 0 Å². The number of carbonyl (C=O) groups excluding carboxylic acids is 1. The second-order valence-corrected chi connectivity index (χ2v) is 13.8. The molecule has 1 heterocycles. The van der Waals surface area contributed by atoms with Crippen LogP contribution < -0.4 is 5.32 Å². The average molecular weight is 423 g/mol. The first-order valence-corrected chi connectivity index (χ1v) is 13.7. The van der Waals surface area contributed by atoms with Crippen molar-refractivity contribution >= 4 is 15.7 Å². The maximum Gasteiger partial charge on any atom is 0.240 e. The molecular weight excluding hydrogens is 384 g/mol. The van der Waals surface area contributed by atoms with Crippen molar-refractivity contribution in [2.45, 2.75) is 95.0 Å². The van der Waals surface area contributed by atoms with Crippen molar-refractivity contribution in [3.63, 3.8) is 0 Å². The zero-order valence-corrected chi connectivity index (χ0v) is 19.3. The molecule has 8 atom stereocenters. The standard InChI is InChI=1S/C23H38N2O3S/c1-22-12-11-17-15(16(22)8-9-19(22)24-14-5-6-14)7-10-20-23(17,2)13-18(29(4,27)28)21(26)25(20)3/h14-20,24H,5-13H2,1-4H3/t15-,16-,17-,18+,19-,20+,22-,23+/m0/s1. The molecule has 1 saturated heterocycles. The summed E-state index contributed by atoms with van der Waals surface area (Å²) in [4.78, 5) is 14.7. The smallest absolute Gasteiger partial charge is 0.240 e. The molecule has 1 amide bonds. The second-order valence-electron chi connectivity index (χ2n) is 11.6. The fourth-order valence-corrected chi connectivity index (χ4v) is 9.56. The normalized spacial score (nSPS) is 50.1. The molecule has 5 nitrogen and oxygen atoms in total. The highest BCUT2D eigenvalue weighted by Gasteiger charge is 2.63. The first-order valence-electron chi connectivity index (χ1n) is 11.8. The van der Waals surface area contributed by atoms with Gasteiger partial charge < -0.3 is 10.2 Å². The van der Waals surface area contributed by atoms with E-state index >= 15 is 0 Å². The largest absolute Gasteiger partial charge is 0.341 e. The highest BCUT2D eigenvalue weighted by atomic mass is 32.2. The summed E-state index contributed by atoms with van der Waals surface area (Å²) in [6, 6.07) is 1.61. The Bertz CT molecular complexity index is 809. The molecule has 0 radical (unpaired) electrons. The number of nitrogens with one attached hydrogen (secondary N) is 1. The van der Waals surface area contributed by atoms with Gasteiger partial charge in [-0.25, -0.2) is 8.42 Å². The molecule has 1 aliphatic heterocycles. The van der Waals surface area contributed by atoms with Crippen molar-refractivity contribution in [2.24, 2.45) is 28.6 Å². The third kappa shape index (κ3) is 2.95. The molecule has 5 rings (SSSR count). The Morgan fingerprint density at radius 1 is 0.966 bits per heavy atom. The van der Waals surface area contributed by atoms with E-state index in [9.17, 15) is 13.2 Å². The Morgan fingerprint density at radius 3 is 2.31 bits per heavy atom. The van der Waals surface area contributed by atoms with Gasteiger partial charge in [-0.1, -0.05) is 13.8 Å². The van der Waals surface area contributed by atoms with Crippen LogP contribution in [-0.2, 0) is 14.6 Å². The molecule has 1 N–H and O–H groups in total. The number of fused-ring (bicyclic) bond motifs is 5. The number of piperidine rings is 1. The highest BCUT2D eigenvalue weighted by Crippen LogP contribution is 2.65. The fraction of sp³-hybridized carbons (Fsp3) is 0.957. The SMILES string of the molecule is CN1C(=O)[C@H](S(C)(=O)=O)C[C@]2(C)[C@H]3CC[C@]4(C)[C@@H](NC5CC5)CC[C@H]4[C@@H]3CC[C@@H]12. The number of nitrogens with zero attached hydrogens (tertiary/aromatic N) is 1. The van der Waals surface area contributed by atoms with E-state index < -0.39 is 15.1 Å². The first kappa shape index (κ1) is 20.3. The van der Waals surface area contributed by atoms with Gasteiger partial charge in [0, 0.05) is 31.4 Å². The van der Waals surface area contributed by atoms with Gasteiger partial charge in [0.2, 0.25) is 5.91 Å². The Labute approximate surface area is 176 Å². The average Bonchev–Trinajstić information content (AvgIpc) is 3.39. The summed E-state index contributed by atoms with van der Waals surface area (Å²) in [6.45, 7) is 4.85. The summed E-state index contributed by atoms with van der Waals surface area (Å²) < 4.78 is 24.9. The van der Waals surface area contributed by atoms with E-state index in [0.29, 0.717) is 29.7 Å². The fourth-order valence-electron chi connectivity index (χ4n) is 8.37. The van der Waals surface area contributed by atoms with Crippen LogP contribution in [0.5, 0.6) is 0 Å². The first-order chi connectivity index (χ1) is 13.6. The third-order valence-electron chi connectivity index (χ3n) is 10.1. The minimum atomic E-state index is -3.38. The van der Waals surface area contributed by atoms with Crippen molar-refractivity contribution in [3.05, 3.63) is 0 Å². The molecule has 4 aliphatic carbocycles. The van der Waals surface area contributed by atoms with Crippen LogP contribution in [0.4, 0.5) is 0 Å². The van der Waals surface area contributed by atoms with Gasteiger partial charge in [-0.2, -0.15) is 0 Å². The molecule has 4 saturated carbocycles. The molecule has 0 spiro atoms. The molecule has 164 valence electrons. The van der Waals surface area contributed by atoms with Crippen LogP contribution in [0.1, 0.15) is 71.6 Å². The maximum absolute atomic E-state index is 12.9. The Kier molecular flexibility index (Phi) is 4.51. The van der Waals surface area contributed by atoms with Gasteiger partial charge in [0.1, 0.15) is 5.25 Å². The van der Waals surface area contributed by atoms with Gasteiger partial charge in [0.05, 0.1) is 0 Å². The molecule has 5 aliphatic rings. The van der Waals surface area contributed by atoms with E-state index in [1.165, 1.54) is 51.2 Å². The van der Waals surface area contributed by atoms with E-state index in [1.54, 1.807) is 0 Å². The van der Waals surface area contributed by atoms with Gasteiger partial charge in [-0.3, -0.25) is 4.79 Å². The minimum absolute atomic E-state index is 0.0807. The quantitative estimate of drug-likeness (QED) is 0.759. The van der Waals surface area contributed by atoms with Crippen molar-refractivity contribution in [1.82, 2.24) is 10.2 Å². The molecule has 29 heavy (non-hydrogen) atoms. The van der Waals surface area contributed by atoms with E-state index in [4.69, 9.17) is 0 Å². The summed E-state index contributed by atoms with van der Waals surface area (Å²) in [5.41, 5.74) is 0.308. The van der Waals surface area contributed by atoms with Gasteiger partial charge >= 0.3 is 0 Å². The number of carbonyl (C=O) groups is 1. The molecule has 0 aromatic rings. The van der Waals surface area contributed by atoms with Gasteiger partial charge in [-0.15, -0.1) is 0 Å². The van der Waals surface area contributed by atoms with E-state index in [0.717, 1.165) is 18.4 Å². The predicted molar refractivity (Wildman–Crippen MR) is 114 cm³/mol. The second kappa shape index (κ2) is 6.44. The predicted octanol–water partition coefficient (Wildman–Crippen LogP) is 2.99. The molecular formula is C23H38N2O3S. The van der Waals surface area contributed by atoms with Crippen molar-refractivity contribution < 1.29 is 13.2 Å². The van der Waals surface area contributed by atoms with Crippen molar-refractivity contribution in [2.75, 3.05) is 13.3 Å². The van der Waals surface area contributed by atoms with E-state index in [2.05, 4.69) is 19.2 Å². The van der Waals surface area contributed by atoms with Crippen LogP contribution in [0.15, 0.2) is 0 Å². The minimum Gasteiger partial charge on any atom is -0.341 e. The Morgan fingerprint density at radius 2 is 1.66 bits per heavy atom. The topological polar surface area (TPSA) is 66.5 Å². The number of hydrogen-bond donors (Lipinski definition) is 1. The molecule has 5 fully saturated rings. The Hall–Kier alpha value is -0.620. The summed E-state index contributed by atoms with van der Waals surface area (Å²) >= 11 is 0. The van der Waals surface area contributed by atoms with Crippen LogP contribution in [0.2, 0.25) is 0 Å². The number of sulfone groups is 1. The van der Waals surface area contributed by atoms with Crippen LogP contribution in [-0.4, -0.2) is 55.9 Å². The molecule has 0 unspecified atom stereocenters. The van der Waals surface area contributed by atoms with Gasteiger partial charge in [0.25, 0.3) is 0 Å². The van der Waals surface area contributed by atoms with Crippen LogP contribution in [0.25, 0.3) is 0 Å². The van der Waals surface area contributed by atoms with Gasteiger partial charge in [-0.05, 0) is 86.4 Å². The Balaban J connectivity index is 1.44. The number of amides is 1. The zero-order valence-electron chi connectivity index (χ0n) is 18.5. The summed E-state index contributed by atoms with van der Waals surface area (Å²) in [6.07, 6.45) is 11.7. The lowest BCUT2D eigenvalue weighted by molar-refractivity contribution is -0.156. The van der Waals surface area contributed by atoms with Crippen LogP contribution in [0, 0.1) is 28.6 Å². The lowest BCUT2D eigenvalue weighted by Crippen LogP contribution is -2.65. The highest BCUT2D eigenvalue weighted by molar-refractivity contribution is 7.92. The molecule has 0 aromatic heterocycles. The lowest BCUT2D eigenvalue weighted by atomic mass is 9.47. The summed E-state index contributed by atoms with van der Waals surface area (Å²) in [7, 11) is -1.53. The van der Waals surface area contributed by atoms with E-state index in [1.807, 2.05) is 11.9 Å². The van der Waals surface area contributed by atoms with Crippen LogP contribution in [0.3, 0.4) is 0 Å². The molecule has 0 bridgehead atoms. The third-order valence-corrected chi connectivity index (χ3v) is 11.5. The zero-order chi connectivity index (χ0) is 20.8. The van der Waals surface area contributed by atoms with E-state index in [-0.39, 0.29) is 17.4 Å². The number of hydrogen-bond acceptors (Lipinski definition) is 4. The van der Waals surface area contributed by atoms with Crippen LogP contribution >= 0.6 is 0 Å². The lowest BCUT2D eigenvalue weighted by Gasteiger charge is -2.62.